The van der Waals surface area contributed by atoms with Gasteiger partial charge in [-0.25, -0.2) is 0 Å². The van der Waals surface area contributed by atoms with E-state index in [4.69, 9.17) is 0 Å². The van der Waals surface area contributed by atoms with Crippen LogP contribution < -0.4 is 10.2 Å². The highest BCUT2D eigenvalue weighted by molar-refractivity contribution is 5.92. The predicted molar refractivity (Wildman–Crippen MR) is 88.1 cm³/mol. The number of nitrogens with zero attached hydrogens (tertiary/aromatic N) is 4. The zero-order chi connectivity index (χ0) is 16.1. The van der Waals surface area contributed by atoms with Crippen LogP contribution in [-0.2, 0) is 6.54 Å². The molecule has 0 aromatic carbocycles. The van der Waals surface area contributed by atoms with Gasteiger partial charge < -0.3 is 10.2 Å². The number of aromatic nitrogens is 3. The number of nitrogens with one attached hydrogen (secondary N) is 1. The Bertz CT molecular complexity index is 638. The maximum absolute atomic E-state index is 12.1. The lowest BCUT2D eigenvalue weighted by atomic mass is 10.2. The van der Waals surface area contributed by atoms with Crippen molar-refractivity contribution in [2.24, 2.45) is 0 Å². The van der Waals surface area contributed by atoms with E-state index in [1.54, 1.807) is 12.3 Å². The van der Waals surface area contributed by atoms with Crippen LogP contribution in [0.2, 0.25) is 0 Å². The van der Waals surface area contributed by atoms with Crippen molar-refractivity contribution in [1.29, 1.82) is 0 Å². The summed E-state index contributed by atoms with van der Waals surface area (Å²) in [4.78, 5) is 18.4. The molecule has 6 nitrogen and oxygen atoms in total. The maximum atomic E-state index is 12.1. The Labute approximate surface area is 136 Å². The van der Waals surface area contributed by atoms with Crippen molar-refractivity contribution < 1.29 is 4.79 Å². The van der Waals surface area contributed by atoms with Gasteiger partial charge in [0, 0.05) is 19.3 Å². The Kier molecular flexibility index (Phi) is 4.80. The summed E-state index contributed by atoms with van der Waals surface area (Å²) in [6.07, 6.45) is 6.27. The topological polar surface area (TPSA) is 71.0 Å². The highest BCUT2D eigenvalue weighted by Gasteiger charge is 2.19. The van der Waals surface area contributed by atoms with Crippen molar-refractivity contribution >= 4 is 11.7 Å². The van der Waals surface area contributed by atoms with Crippen molar-refractivity contribution in [2.75, 3.05) is 11.9 Å². The van der Waals surface area contributed by atoms with Gasteiger partial charge in [-0.3, -0.25) is 9.78 Å². The van der Waals surface area contributed by atoms with Crippen LogP contribution in [0.5, 0.6) is 0 Å². The van der Waals surface area contributed by atoms with Gasteiger partial charge >= 0.3 is 0 Å². The summed E-state index contributed by atoms with van der Waals surface area (Å²) in [5.74, 6) is 0.580. The van der Waals surface area contributed by atoms with Crippen molar-refractivity contribution in [3.05, 3.63) is 47.9 Å². The Morgan fingerprint density at radius 1 is 1.22 bits per heavy atom. The highest BCUT2D eigenvalue weighted by Crippen LogP contribution is 2.18. The Balaban J connectivity index is 1.60. The first kappa shape index (κ1) is 15.4. The summed E-state index contributed by atoms with van der Waals surface area (Å²) < 4.78 is 0. The fourth-order valence-corrected chi connectivity index (χ4v) is 2.80. The van der Waals surface area contributed by atoms with Crippen LogP contribution in [0.25, 0.3) is 0 Å². The number of pyridine rings is 1. The van der Waals surface area contributed by atoms with Gasteiger partial charge in [0.1, 0.15) is 0 Å². The van der Waals surface area contributed by atoms with Crippen molar-refractivity contribution in [3.8, 4) is 0 Å². The number of carbonyl (C=O) groups is 1. The standard InChI is InChI=1S/C17H21N5O/c1-22(12-14-8-4-5-11-18-14)16-10-9-15(20-21-16)17(23)19-13-6-2-3-7-13/h4-5,8-11,13H,2-3,6-7,12H2,1H3,(H,19,23). The van der Waals surface area contributed by atoms with E-state index < -0.39 is 0 Å². The van der Waals surface area contributed by atoms with Crippen LogP contribution in [0.4, 0.5) is 5.82 Å². The third kappa shape index (κ3) is 4.03. The Morgan fingerprint density at radius 2 is 2.04 bits per heavy atom. The normalized spacial score (nSPS) is 14.7. The predicted octanol–water partition coefficient (Wildman–Crippen LogP) is 2.18. The molecule has 2 aromatic rings. The molecule has 0 bridgehead atoms. The molecule has 0 saturated heterocycles. The van der Waals surface area contributed by atoms with Crippen LogP contribution in [0.15, 0.2) is 36.5 Å². The summed E-state index contributed by atoms with van der Waals surface area (Å²) in [5, 5.41) is 11.2. The molecule has 1 fully saturated rings. The Morgan fingerprint density at radius 3 is 2.70 bits per heavy atom. The minimum Gasteiger partial charge on any atom is -0.352 e. The molecule has 2 aromatic heterocycles. The molecule has 1 aliphatic carbocycles. The number of carbonyl (C=O) groups excluding carboxylic acids is 1. The molecule has 1 amide bonds. The minimum atomic E-state index is -0.136. The molecule has 0 unspecified atom stereocenters. The summed E-state index contributed by atoms with van der Waals surface area (Å²) in [5.41, 5.74) is 1.33. The van der Waals surface area contributed by atoms with E-state index in [0.29, 0.717) is 18.1 Å². The fourth-order valence-electron chi connectivity index (χ4n) is 2.80. The second-order valence-corrected chi connectivity index (χ2v) is 5.91. The quantitative estimate of drug-likeness (QED) is 0.916. The SMILES string of the molecule is CN(Cc1ccccn1)c1ccc(C(=O)NC2CCCC2)nn1. The zero-order valence-corrected chi connectivity index (χ0v) is 13.3. The van der Waals surface area contributed by atoms with Gasteiger partial charge in [-0.05, 0) is 37.1 Å². The van der Waals surface area contributed by atoms with E-state index in [-0.39, 0.29) is 11.9 Å². The van der Waals surface area contributed by atoms with Crippen LogP contribution in [0.1, 0.15) is 41.9 Å². The van der Waals surface area contributed by atoms with Gasteiger partial charge in [0.2, 0.25) is 0 Å². The molecule has 2 heterocycles. The van der Waals surface area contributed by atoms with Crippen LogP contribution in [-0.4, -0.2) is 34.2 Å². The molecule has 0 atom stereocenters. The third-order valence-corrected chi connectivity index (χ3v) is 4.09. The fraction of sp³-hybridized carbons (Fsp3) is 0.412. The first-order valence-corrected chi connectivity index (χ1v) is 7.98. The smallest absolute Gasteiger partial charge is 0.272 e. The molecule has 120 valence electrons. The highest BCUT2D eigenvalue weighted by atomic mass is 16.2. The second kappa shape index (κ2) is 7.17. The molecule has 1 aliphatic rings. The lowest BCUT2D eigenvalue weighted by Gasteiger charge is -2.17. The van der Waals surface area contributed by atoms with Crippen molar-refractivity contribution in [2.45, 2.75) is 38.3 Å². The van der Waals surface area contributed by atoms with E-state index in [1.165, 1.54) is 12.8 Å². The van der Waals surface area contributed by atoms with E-state index in [0.717, 1.165) is 18.5 Å². The number of rotatable bonds is 5. The first-order valence-electron chi connectivity index (χ1n) is 7.98. The molecule has 1 saturated carbocycles. The summed E-state index contributed by atoms with van der Waals surface area (Å²) in [6, 6.07) is 9.64. The third-order valence-electron chi connectivity index (χ3n) is 4.09. The Hall–Kier alpha value is -2.50. The minimum absolute atomic E-state index is 0.136. The average Bonchev–Trinajstić information content (AvgIpc) is 3.09. The maximum Gasteiger partial charge on any atom is 0.272 e. The molecular formula is C17H21N5O. The number of hydrogen-bond donors (Lipinski definition) is 1. The molecule has 0 aliphatic heterocycles. The van der Waals surface area contributed by atoms with Crippen LogP contribution >= 0.6 is 0 Å². The van der Waals surface area contributed by atoms with E-state index >= 15 is 0 Å². The van der Waals surface area contributed by atoms with Crippen LogP contribution in [0.3, 0.4) is 0 Å². The molecule has 0 radical (unpaired) electrons. The number of amides is 1. The van der Waals surface area contributed by atoms with Gasteiger partial charge in [-0.1, -0.05) is 18.9 Å². The van der Waals surface area contributed by atoms with Gasteiger partial charge in [-0.15, -0.1) is 10.2 Å². The summed E-state index contributed by atoms with van der Waals surface area (Å²) in [7, 11) is 1.93. The molecular weight excluding hydrogens is 290 g/mol. The average molecular weight is 311 g/mol. The first-order chi connectivity index (χ1) is 11.2. The van der Waals surface area contributed by atoms with E-state index in [2.05, 4.69) is 20.5 Å². The van der Waals surface area contributed by atoms with E-state index in [1.807, 2.05) is 36.2 Å². The van der Waals surface area contributed by atoms with Gasteiger partial charge in [-0.2, -0.15) is 0 Å². The summed E-state index contributed by atoms with van der Waals surface area (Å²) >= 11 is 0. The van der Waals surface area contributed by atoms with Crippen molar-refractivity contribution in [1.82, 2.24) is 20.5 Å². The summed E-state index contributed by atoms with van der Waals surface area (Å²) in [6.45, 7) is 0.642. The molecule has 0 spiro atoms. The number of anilines is 1. The number of hydrogen-bond acceptors (Lipinski definition) is 5. The molecule has 1 N–H and O–H groups in total. The molecule has 23 heavy (non-hydrogen) atoms. The molecule has 3 rings (SSSR count). The van der Waals surface area contributed by atoms with Gasteiger partial charge in [0.25, 0.3) is 5.91 Å². The zero-order valence-electron chi connectivity index (χ0n) is 13.3. The van der Waals surface area contributed by atoms with Gasteiger partial charge in [0.15, 0.2) is 11.5 Å². The second-order valence-electron chi connectivity index (χ2n) is 5.91. The monoisotopic (exact) mass is 311 g/mol. The van der Waals surface area contributed by atoms with E-state index in [9.17, 15) is 4.79 Å². The lowest BCUT2D eigenvalue weighted by Crippen LogP contribution is -2.33. The van der Waals surface area contributed by atoms with Crippen LogP contribution in [0, 0.1) is 0 Å². The van der Waals surface area contributed by atoms with Crippen molar-refractivity contribution in [3.63, 3.8) is 0 Å². The largest absolute Gasteiger partial charge is 0.352 e. The lowest BCUT2D eigenvalue weighted by molar-refractivity contribution is 0.0932. The van der Waals surface area contributed by atoms with Gasteiger partial charge in [0.05, 0.1) is 12.2 Å². The molecule has 6 heteroatoms.